The van der Waals surface area contributed by atoms with Crippen LogP contribution in [0.1, 0.15) is 30.9 Å². The van der Waals surface area contributed by atoms with Gasteiger partial charge in [-0.1, -0.05) is 6.07 Å². The van der Waals surface area contributed by atoms with Crippen molar-refractivity contribution >= 4 is 16.8 Å². The van der Waals surface area contributed by atoms with E-state index in [0.717, 1.165) is 73.7 Å². The zero-order chi connectivity index (χ0) is 19.8. The van der Waals surface area contributed by atoms with Gasteiger partial charge in [-0.3, -0.25) is 9.69 Å². The Balaban J connectivity index is 1.22. The Morgan fingerprint density at radius 3 is 2.86 bits per heavy atom. The zero-order valence-corrected chi connectivity index (χ0v) is 16.5. The number of amides is 1. The van der Waals surface area contributed by atoms with Crippen molar-refractivity contribution in [1.29, 1.82) is 0 Å². The number of piperidine rings is 1. The van der Waals surface area contributed by atoms with E-state index in [4.69, 9.17) is 10.5 Å². The topological polar surface area (TPSA) is 91.2 Å². The Morgan fingerprint density at radius 1 is 1.17 bits per heavy atom. The van der Waals surface area contributed by atoms with Crippen molar-refractivity contribution in [2.75, 3.05) is 13.1 Å². The van der Waals surface area contributed by atoms with Crippen LogP contribution >= 0.6 is 0 Å². The van der Waals surface area contributed by atoms with Crippen LogP contribution in [-0.2, 0) is 30.8 Å². The number of carbonyl (C=O) groups excluding carboxylic acids is 1. The van der Waals surface area contributed by atoms with Gasteiger partial charge in [-0.25, -0.2) is 0 Å². The molecule has 1 amide bonds. The van der Waals surface area contributed by atoms with E-state index in [1.165, 1.54) is 6.42 Å². The van der Waals surface area contributed by atoms with Gasteiger partial charge in [-0.05, 0) is 37.5 Å². The number of aromatic nitrogens is 4. The molecule has 2 aliphatic heterocycles. The Kier molecular flexibility index (Phi) is 4.71. The molecule has 4 heterocycles. The molecule has 3 aromatic rings. The second-order valence-electron chi connectivity index (χ2n) is 7.98. The Hall–Kier alpha value is -2.87. The molecule has 0 radical (unpaired) electrons. The molecule has 8 nitrogen and oxygen atoms in total. The Bertz CT molecular complexity index is 1030. The van der Waals surface area contributed by atoms with Crippen molar-refractivity contribution in [1.82, 2.24) is 24.2 Å². The zero-order valence-electron chi connectivity index (χ0n) is 16.5. The average Bonchev–Trinajstić information content (AvgIpc) is 3.41. The first-order valence-electron chi connectivity index (χ1n) is 10.3. The van der Waals surface area contributed by atoms with Crippen LogP contribution in [0.4, 0.5) is 0 Å². The lowest BCUT2D eigenvalue weighted by Gasteiger charge is -2.32. The fourth-order valence-corrected chi connectivity index (χ4v) is 4.50. The van der Waals surface area contributed by atoms with Crippen LogP contribution in [0.15, 0.2) is 30.5 Å². The van der Waals surface area contributed by atoms with Gasteiger partial charge in [-0.15, -0.1) is 10.2 Å². The quantitative estimate of drug-likeness (QED) is 0.687. The molecule has 1 aromatic carbocycles. The molecule has 1 saturated heterocycles. The highest BCUT2D eigenvalue weighted by Crippen LogP contribution is 2.29. The number of nitrogens with zero attached hydrogens (tertiary/aromatic N) is 5. The largest absolute Gasteiger partial charge is 0.490 e. The van der Waals surface area contributed by atoms with Crippen molar-refractivity contribution in [3.8, 4) is 5.75 Å². The smallest absolute Gasteiger partial charge is 0.237 e. The summed E-state index contributed by atoms with van der Waals surface area (Å²) < 4.78 is 10.5. The third-order valence-electron chi connectivity index (χ3n) is 5.98. The first kappa shape index (κ1) is 18.2. The van der Waals surface area contributed by atoms with Gasteiger partial charge in [0, 0.05) is 37.6 Å². The summed E-state index contributed by atoms with van der Waals surface area (Å²) in [7, 11) is 0. The van der Waals surface area contributed by atoms with Gasteiger partial charge in [0.25, 0.3) is 0 Å². The van der Waals surface area contributed by atoms with Crippen LogP contribution in [0.3, 0.4) is 0 Å². The van der Waals surface area contributed by atoms with E-state index >= 15 is 0 Å². The second-order valence-corrected chi connectivity index (χ2v) is 7.98. The maximum absolute atomic E-state index is 11.3. The number of primary amides is 1. The number of carbonyl (C=O) groups is 1. The Morgan fingerprint density at radius 2 is 2.03 bits per heavy atom. The summed E-state index contributed by atoms with van der Waals surface area (Å²) >= 11 is 0. The Labute approximate surface area is 169 Å². The summed E-state index contributed by atoms with van der Waals surface area (Å²) in [6.07, 6.45) is 6.29. The number of aryl methyl sites for hydroxylation is 1. The molecule has 152 valence electrons. The average molecular weight is 394 g/mol. The SMILES string of the molecule is NC(=O)Cn1ccc2c(OC3CCN(Cc4nnc5n4CCC5)CC3)cccc21. The molecule has 1 fully saturated rings. The first-order chi connectivity index (χ1) is 14.2. The molecule has 0 aliphatic carbocycles. The van der Waals surface area contributed by atoms with Crippen molar-refractivity contribution in [3.63, 3.8) is 0 Å². The summed E-state index contributed by atoms with van der Waals surface area (Å²) in [5.41, 5.74) is 6.32. The molecule has 29 heavy (non-hydrogen) atoms. The predicted octanol–water partition coefficient (Wildman–Crippen LogP) is 1.71. The highest BCUT2D eigenvalue weighted by atomic mass is 16.5. The molecule has 0 atom stereocenters. The van der Waals surface area contributed by atoms with Crippen molar-refractivity contribution in [2.24, 2.45) is 5.73 Å². The van der Waals surface area contributed by atoms with E-state index in [-0.39, 0.29) is 18.6 Å². The van der Waals surface area contributed by atoms with E-state index in [0.29, 0.717) is 0 Å². The molecule has 0 saturated carbocycles. The molecule has 2 aliphatic rings. The van der Waals surface area contributed by atoms with Crippen LogP contribution in [0.5, 0.6) is 5.75 Å². The molecule has 8 heteroatoms. The minimum atomic E-state index is -0.348. The lowest BCUT2D eigenvalue weighted by atomic mass is 10.1. The molecule has 2 aromatic heterocycles. The lowest BCUT2D eigenvalue weighted by Crippen LogP contribution is -2.38. The first-order valence-corrected chi connectivity index (χ1v) is 10.3. The maximum Gasteiger partial charge on any atom is 0.237 e. The number of fused-ring (bicyclic) bond motifs is 2. The number of likely N-dealkylation sites (tertiary alicyclic amines) is 1. The second kappa shape index (κ2) is 7.51. The standard InChI is InChI=1S/C21H26N6O2/c22-19(28)13-26-12-8-16-17(26)3-1-4-18(16)29-15-6-10-25(11-7-15)14-21-24-23-20-5-2-9-27(20)21/h1,3-4,8,12,15H,2,5-7,9-11,13-14H2,(H2,22,28). The molecule has 5 rings (SSSR count). The third-order valence-corrected chi connectivity index (χ3v) is 5.98. The van der Waals surface area contributed by atoms with E-state index in [1.54, 1.807) is 0 Å². The van der Waals surface area contributed by atoms with Crippen molar-refractivity contribution in [3.05, 3.63) is 42.1 Å². The normalized spacial score (nSPS) is 17.7. The highest BCUT2D eigenvalue weighted by molar-refractivity contribution is 5.87. The van der Waals surface area contributed by atoms with Gasteiger partial charge in [0.1, 0.15) is 30.0 Å². The number of benzene rings is 1. The van der Waals surface area contributed by atoms with Crippen molar-refractivity contribution < 1.29 is 9.53 Å². The van der Waals surface area contributed by atoms with Crippen LogP contribution in [-0.4, -0.2) is 49.3 Å². The fourth-order valence-electron chi connectivity index (χ4n) is 4.50. The highest BCUT2D eigenvalue weighted by Gasteiger charge is 2.24. The van der Waals surface area contributed by atoms with Crippen LogP contribution in [0, 0.1) is 0 Å². The third kappa shape index (κ3) is 3.60. The van der Waals surface area contributed by atoms with E-state index in [1.807, 2.05) is 35.0 Å². The van der Waals surface area contributed by atoms with Gasteiger partial charge >= 0.3 is 0 Å². The monoisotopic (exact) mass is 394 g/mol. The number of nitrogens with two attached hydrogens (primary N) is 1. The molecular weight excluding hydrogens is 368 g/mol. The summed E-state index contributed by atoms with van der Waals surface area (Å²) in [5, 5.41) is 9.72. The maximum atomic E-state index is 11.3. The minimum Gasteiger partial charge on any atom is -0.490 e. The van der Waals surface area contributed by atoms with Crippen LogP contribution in [0.25, 0.3) is 10.9 Å². The minimum absolute atomic E-state index is 0.178. The fraction of sp³-hybridized carbons (Fsp3) is 0.476. The summed E-state index contributed by atoms with van der Waals surface area (Å²) in [4.78, 5) is 13.7. The van der Waals surface area contributed by atoms with Gasteiger partial charge in [0.15, 0.2) is 0 Å². The van der Waals surface area contributed by atoms with E-state index < -0.39 is 0 Å². The van der Waals surface area contributed by atoms with E-state index in [2.05, 4.69) is 19.7 Å². The van der Waals surface area contributed by atoms with Gasteiger partial charge in [-0.2, -0.15) is 0 Å². The number of rotatable bonds is 6. The molecule has 0 spiro atoms. The van der Waals surface area contributed by atoms with Gasteiger partial charge in [0.05, 0.1) is 12.1 Å². The molecule has 0 bridgehead atoms. The molecular formula is C21H26N6O2. The lowest BCUT2D eigenvalue weighted by molar-refractivity contribution is -0.118. The van der Waals surface area contributed by atoms with Crippen LogP contribution < -0.4 is 10.5 Å². The summed E-state index contributed by atoms with van der Waals surface area (Å²) in [6.45, 7) is 4.08. The van der Waals surface area contributed by atoms with Gasteiger partial charge in [0.2, 0.25) is 5.91 Å². The molecule has 2 N–H and O–H groups in total. The number of hydrogen-bond donors (Lipinski definition) is 1. The molecule has 0 unspecified atom stereocenters. The summed E-state index contributed by atoms with van der Waals surface area (Å²) in [5.74, 6) is 2.76. The van der Waals surface area contributed by atoms with Crippen LogP contribution in [0.2, 0.25) is 0 Å². The summed E-state index contributed by atoms with van der Waals surface area (Å²) in [6, 6.07) is 7.96. The van der Waals surface area contributed by atoms with Gasteiger partial charge < -0.3 is 19.6 Å². The van der Waals surface area contributed by atoms with E-state index in [9.17, 15) is 4.79 Å². The number of ether oxygens (including phenoxy) is 1. The number of hydrogen-bond acceptors (Lipinski definition) is 5. The van der Waals surface area contributed by atoms with Crippen molar-refractivity contribution in [2.45, 2.75) is 51.4 Å². The predicted molar refractivity (Wildman–Crippen MR) is 108 cm³/mol.